The van der Waals surface area contributed by atoms with E-state index in [0.29, 0.717) is 6.61 Å². The van der Waals surface area contributed by atoms with Crippen LogP contribution in [-0.4, -0.2) is 25.9 Å². The molecule has 4 heteroatoms. The molecule has 2 N–H and O–H groups in total. The van der Waals surface area contributed by atoms with Gasteiger partial charge in [0.2, 0.25) is 0 Å². The molecule has 0 heterocycles. The van der Waals surface area contributed by atoms with Crippen molar-refractivity contribution in [1.29, 1.82) is 0 Å². The monoisotopic (exact) mass is 315 g/mol. The van der Waals surface area contributed by atoms with Crippen molar-refractivity contribution < 1.29 is 14.6 Å². The number of hydrogen-bond acceptors (Lipinski definition) is 4. The molecule has 23 heavy (non-hydrogen) atoms. The maximum Gasteiger partial charge on any atom is 0.124 e. The Morgan fingerprint density at radius 1 is 1.04 bits per heavy atom. The Bertz CT molecular complexity index is 601. The molecule has 2 aromatic carbocycles. The first-order chi connectivity index (χ1) is 11.2. The Hall–Kier alpha value is -1.88. The molecule has 2 rings (SSSR count). The fourth-order valence-electron chi connectivity index (χ4n) is 2.67. The fourth-order valence-corrected chi connectivity index (χ4v) is 2.67. The summed E-state index contributed by atoms with van der Waals surface area (Å²) in [6, 6.07) is 16.0. The standard InChI is InChI=1S/C19H25NO3/c1-14(20-18(12-21)15-7-5-4-6-8-15)16-9-10-19(23-3)17(11-16)13-22-2/h4-11,14,18,20-21H,12-13H2,1-3H3. The van der Waals surface area contributed by atoms with Gasteiger partial charge in [-0.15, -0.1) is 0 Å². The molecule has 0 bridgehead atoms. The number of methoxy groups -OCH3 is 2. The smallest absolute Gasteiger partial charge is 0.124 e. The molecule has 0 saturated heterocycles. The molecule has 4 nitrogen and oxygen atoms in total. The van der Waals surface area contributed by atoms with Crippen LogP contribution in [0.2, 0.25) is 0 Å². The minimum absolute atomic E-state index is 0.0510. The van der Waals surface area contributed by atoms with Crippen molar-refractivity contribution in [3.05, 3.63) is 65.2 Å². The SMILES string of the molecule is COCc1cc(C(C)NC(CO)c2ccccc2)ccc1OC. The highest BCUT2D eigenvalue weighted by Crippen LogP contribution is 2.25. The van der Waals surface area contributed by atoms with Crippen LogP contribution in [0.4, 0.5) is 0 Å². The van der Waals surface area contributed by atoms with E-state index in [0.717, 1.165) is 22.4 Å². The largest absolute Gasteiger partial charge is 0.496 e. The highest BCUT2D eigenvalue weighted by molar-refractivity contribution is 5.38. The van der Waals surface area contributed by atoms with Gasteiger partial charge in [-0.25, -0.2) is 0 Å². The van der Waals surface area contributed by atoms with Crippen LogP contribution in [0.25, 0.3) is 0 Å². The molecule has 0 radical (unpaired) electrons. The third-order valence-corrected chi connectivity index (χ3v) is 3.94. The van der Waals surface area contributed by atoms with Gasteiger partial charge in [0.05, 0.1) is 26.4 Å². The topological polar surface area (TPSA) is 50.7 Å². The second-order valence-electron chi connectivity index (χ2n) is 5.54. The van der Waals surface area contributed by atoms with Gasteiger partial charge in [0.1, 0.15) is 5.75 Å². The molecule has 0 spiro atoms. The summed E-state index contributed by atoms with van der Waals surface area (Å²) in [6.07, 6.45) is 0. The fraction of sp³-hybridized carbons (Fsp3) is 0.368. The minimum atomic E-state index is -0.0980. The summed E-state index contributed by atoms with van der Waals surface area (Å²) in [4.78, 5) is 0. The summed E-state index contributed by atoms with van der Waals surface area (Å²) in [5, 5.41) is 13.2. The van der Waals surface area contributed by atoms with Crippen molar-refractivity contribution in [2.75, 3.05) is 20.8 Å². The van der Waals surface area contributed by atoms with Gasteiger partial charge >= 0.3 is 0 Å². The highest BCUT2D eigenvalue weighted by Gasteiger charge is 2.15. The molecule has 0 aliphatic carbocycles. The van der Waals surface area contributed by atoms with Crippen LogP contribution in [0.5, 0.6) is 5.75 Å². The van der Waals surface area contributed by atoms with Crippen LogP contribution in [0, 0.1) is 0 Å². The molecule has 0 saturated carbocycles. The van der Waals surface area contributed by atoms with E-state index in [9.17, 15) is 5.11 Å². The van der Waals surface area contributed by atoms with Gasteiger partial charge in [0.25, 0.3) is 0 Å². The lowest BCUT2D eigenvalue weighted by molar-refractivity contribution is 0.181. The van der Waals surface area contributed by atoms with Crippen molar-refractivity contribution in [2.45, 2.75) is 25.6 Å². The zero-order valence-electron chi connectivity index (χ0n) is 14.0. The van der Waals surface area contributed by atoms with Crippen molar-refractivity contribution in [3.63, 3.8) is 0 Å². The summed E-state index contributed by atoms with van der Waals surface area (Å²) < 4.78 is 10.6. The first-order valence-corrected chi connectivity index (χ1v) is 7.77. The molecule has 2 aromatic rings. The normalized spacial score (nSPS) is 13.6. The molecule has 0 fully saturated rings. The maximum atomic E-state index is 9.69. The molecule has 2 unspecified atom stereocenters. The Morgan fingerprint density at radius 2 is 1.78 bits per heavy atom. The number of nitrogens with one attached hydrogen (secondary N) is 1. The van der Waals surface area contributed by atoms with Crippen LogP contribution in [-0.2, 0) is 11.3 Å². The number of aliphatic hydroxyl groups excluding tert-OH is 1. The van der Waals surface area contributed by atoms with Gasteiger partial charge < -0.3 is 19.9 Å². The average Bonchev–Trinajstić information content (AvgIpc) is 2.60. The summed E-state index contributed by atoms with van der Waals surface area (Å²) in [7, 11) is 3.33. The summed E-state index contributed by atoms with van der Waals surface area (Å²) in [5.41, 5.74) is 3.22. The quantitative estimate of drug-likeness (QED) is 0.785. The molecule has 2 atom stereocenters. The lowest BCUT2D eigenvalue weighted by atomic mass is 10.0. The van der Waals surface area contributed by atoms with Crippen LogP contribution < -0.4 is 10.1 Å². The Kier molecular flexibility index (Phi) is 6.59. The van der Waals surface area contributed by atoms with E-state index in [2.05, 4.69) is 18.3 Å². The number of aliphatic hydroxyl groups is 1. The lowest BCUT2D eigenvalue weighted by Crippen LogP contribution is -2.27. The summed E-state index contributed by atoms with van der Waals surface area (Å²) in [5.74, 6) is 0.824. The molecule has 124 valence electrons. The summed E-state index contributed by atoms with van der Waals surface area (Å²) >= 11 is 0. The van der Waals surface area contributed by atoms with Crippen LogP contribution in [0.3, 0.4) is 0 Å². The van der Waals surface area contributed by atoms with E-state index in [1.54, 1.807) is 14.2 Å². The third kappa shape index (κ3) is 4.55. The molecule has 0 aromatic heterocycles. The van der Waals surface area contributed by atoms with E-state index in [-0.39, 0.29) is 18.7 Å². The molecular weight excluding hydrogens is 290 g/mol. The van der Waals surface area contributed by atoms with E-state index in [1.165, 1.54) is 0 Å². The van der Waals surface area contributed by atoms with Crippen LogP contribution in [0.15, 0.2) is 48.5 Å². The first-order valence-electron chi connectivity index (χ1n) is 7.77. The van der Waals surface area contributed by atoms with E-state index in [1.807, 2.05) is 42.5 Å². The maximum absolute atomic E-state index is 9.69. The van der Waals surface area contributed by atoms with E-state index < -0.39 is 0 Å². The minimum Gasteiger partial charge on any atom is -0.496 e. The van der Waals surface area contributed by atoms with Crippen LogP contribution in [0.1, 0.15) is 35.7 Å². The van der Waals surface area contributed by atoms with Gasteiger partial charge in [-0.05, 0) is 30.2 Å². The van der Waals surface area contributed by atoms with E-state index in [4.69, 9.17) is 9.47 Å². The number of ether oxygens (including phenoxy) is 2. The predicted molar refractivity (Wildman–Crippen MR) is 91.5 cm³/mol. The Balaban J connectivity index is 2.16. The van der Waals surface area contributed by atoms with Gasteiger partial charge in [-0.1, -0.05) is 36.4 Å². The number of rotatable bonds is 8. The zero-order valence-corrected chi connectivity index (χ0v) is 14.0. The highest BCUT2D eigenvalue weighted by atomic mass is 16.5. The number of benzene rings is 2. The van der Waals surface area contributed by atoms with Crippen molar-refractivity contribution in [2.24, 2.45) is 0 Å². The van der Waals surface area contributed by atoms with Crippen molar-refractivity contribution >= 4 is 0 Å². The Labute approximate surface area is 138 Å². The van der Waals surface area contributed by atoms with Crippen LogP contribution >= 0.6 is 0 Å². The molecule has 0 amide bonds. The molecular formula is C19H25NO3. The summed E-state index contributed by atoms with van der Waals surface area (Å²) in [6.45, 7) is 2.64. The predicted octanol–water partition coefficient (Wildman–Crippen LogP) is 3.23. The van der Waals surface area contributed by atoms with Gasteiger partial charge in [0, 0.05) is 18.7 Å². The lowest BCUT2D eigenvalue weighted by Gasteiger charge is -2.23. The van der Waals surface area contributed by atoms with E-state index >= 15 is 0 Å². The molecule has 0 aliphatic rings. The average molecular weight is 315 g/mol. The number of hydrogen-bond donors (Lipinski definition) is 2. The molecule has 0 aliphatic heterocycles. The van der Waals surface area contributed by atoms with Gasteiger partial charge in [-0.3, -0.25) is 0 Å². The zero-order chi connectivity index (χ0) is 16.7. The third-order valence-electron chi connectivity index (χ3n) is 3.94. The second-order valence-corrected chi connectivity index (χ2v) is 5.54. The first kappa shape index (κ1) is 17.5. The van der Waals surface area contributed by atoms with Crippen molar-refractivity contribution in [3.8, 4) is 5.75 Å². The second kappa shape index (κ2) is 8.67. The van der Waals surface area contributed by atoms with Gasteiger partial charge in [0.15, 0.2) is 0 Å². The van der Waals surface area contributed by atoms with Gasteiger partial charge in [-0.2, -0.15) is 0 Å². The Morgan fingerprint density at radius 3 is 2.39 bits per heavy atom. The van der Waals surface area contributed by atoms with Crippen molar-refractivity contribution in [1.82, 2.24) is 5.32 Å².